The molecule has 1 fully saturated rings. The summed E-state index contributed by atoms with van der Waals surface area (Å²) in [5.74, 6) is 0. The van der Waals surface area contributed by atoms with Gasteiger partial charge in [0.05, 0.1) is 18.6 Å². The second kappa shape index (κ2) is 13.6. The van der Waals surface area contributed by atoms with Gasteiger partial charge in [0.25, 0.3) is 0 Å². The van der Waals surface area contributed by atoms with Gasteiger partial charge < -0.3 is 34.9 Å². The van der Waals surface area contributed by atoms with Crippen LogP contribution in [0.2, 0.25) is 0 Å². The van der Waals surface area contributed by atoms with Gasteiger partial charge in [-0.15, -0.1) is 0 Å². The van der Waals surface area contributed by atoms with E-state index in [1.807, 2.05) is 7.05 Å². The standard InChI is InChI=1S/C18H33N6O12P3/c1-12-14-17(21-10-20-12)24(11-22-14)18-16(26)15(25)13(34-18)9-33-38(29,30)36-39(31,32)35-37(27,28)23-8-6-4-3-5-7-19-2/h10-11,13,15-16,18-19,25-26H,3-9H2,1-2H3,(H,29,30)(H,31,32)(H2,23,27,28)/t13-,15-,16-,18-/m1/s1. The predicted octanol–water partition coefficient (Wildman–Crippen LogP) is 0.474. The van der Waals surface area contributed by atoms with E-state index in [2.05, 4.69) is 38.5 Å². The van der Waals surface area contributed by atoms with E-state index in [1.54, 1.807) is 6.92 Å². The summed E-state index contributed by atoms with van der Waals surface area (Å²) in [5.41, 5.74) is 1.28. The van der Waals surface area contributed by atoms with Crippen molar-refractivity contribution in [3.8, 4) is 0 Å². The smallest absolute Gasteiger partial charge is 0.387 e. The van der Waals surface area contributed by atoms with E-state index in [-0.39, 0.29) is 6.54 Å². The highest BCUT2D eigenvalue weighted by molar-refractivity contribution is 7.67. The molecule has 1 saturated heterocycles. The number of phosphoric acid groups is 2. The van der Waals surface area contributed by atoms with E-state index in [4.69, 9.17) is 4.74 Å². The molecule has 2 aromatic heterocycles. The highest BCUT2D eigenvalue weighted by atomic mass is 31.3. The molecule has 0 aliphatic carbocycles. The molecule has 18 nitrogen and oxygen atoms in total. The van der Waals surface area contributed by atoms with Gasteiger partial charge in [0.15, 0.2) is 11.9 Å². The van der Waals surface area contributed by atoms with Crippen LogP contribution in [0.5, 0.6) is 0 Å². The summed E-state index contributed by atoms with van der Waals surface area (Å²) in [6.45, 7) is 1.61. The van der Waals surface area contributed by atoms with Gasteiger partial charge in [-0.25, -0.2) is 33.7 Å². The lowest BCUT2D eigenvalue weighted by atomic mass is 10.1. The maximum atomic E-state index is 12.2. The molecule has 3 heterocycles. The first-order valence-electron chi connectivity index (χ1n) is 11.9. The van der Waals surface area contributed by atoms with Gasteiger partial charge in [0, 0.05) is 6.54 Å². The zero-order valence-corrected chi connectivity index (χ0v) is 23.8. The lowest BCUT2D eigenvalue weighted by Crippen LogP contribution is -2.33. The second-order valence-electron chi connectivity index (χ2n) is 8.67. The largest absolute Gasteiger partial charge is 0.489 e. The van der Waals surface area contributed by atoms with Crippen molar-refractivity contribution in [3.63, 3.8) is 0 Å². The number of fused-ring (bicyclic) bond motifs is 1. The summed E-state index contributed by atoms with van der Waals surface area (Å²) in [6.07, 6.45) is -0.231. The minimum atomic E-state index is -5.58. The third-order valence-electron chi connectivity index (χ3n) is 5.64. The Hall–Kier alpha value is -1.20. The highest BCUT2D eigenvalue weighted by Crippen LogP contribution is 2.66. The molecule has 7 atom stereocenters. The Labute approximate surface area is 223 Å². The number of nitrogens with one attached hydrogen (secondary N) is 2. The van der Waals surface area contributed by atoms with E-state index in [0.29, 0.717) is 23.3 Å². The number of ether oxygens (including phenoxy) is 1. The average Bonchev–Trinajstić information content (AvgIpc) is 3.37. The fraction of sp³-hybridized carbons (Fsp3) is 0.722. The molecule has 0 spiro atoms. The zero-order chi connectivity index (χ0) is 28.8. The molecule has 0 bridgehead atoms. The number of hydrogen-bond acceptors (Lipinski definition) is 13. The SMILES string of the molecule is CNCCCCCCNP(=O)(O)OP(=O)(O)OP(=O)(O)OC[C@H]1O[C@@H](n2cnc3c(C)ncnc32)[C@H](O)[C@@H]1O. The van der Waals surface area contributed by atoms with Crippen LogP contribution in [0, 0.1) is 6.92 Å². The molecule has 1 aliphatic rings. The fourth-order valence-electron chi connectivity index (χ4n) is 3.76. The first kappa shape index (κ1) is 32.3. The van der Waals surface area contributed by atoms with Gasteiger partial charge in [-0.2, -0.15) is 8.62 Å². The average molecular weight is 618 g/mol. The van der Waals surface area contributed by atoms with Gasteiger partial charge in [-0.1, -0.05) is 12.8 Å². The van der Waals surface area contributed by atoms with E-state index in [9.17, 15) is 38.6 Å². The van der Waals surface area contributed by atoms with E-state index >= 15 is 0 Å². The van der Waals surface area contributed by atoms with Gasteiger partial charge in [0.2, 0.25) is 0 Å². The van der Waals surface area contributed by atoms with Gasteiger partial charge >= 0.3 is 23.4 Å². The molecule has 39 heavy (non-hydrogen) atoms. The number of aromatic nitrogens is 4. The topological polar surface area (TPSA) is 257 Å². The molecule has 1 aliphatic heterocycles. The molecule has 222 valence electrons. The van der Waals surface area contributed by atoms with Crippen LogP contribution in [0.25, 0.3) is 11.2 Å². The number of aryl methyl sites for hydroxylation is 1. The molecule has 0 amide bonds. The van der Waals surface area contributed by atoms with Crippen molar-refractivity contribution in [2.45, 2.75) is 57.1 Å². The minimum absolute atomic E-state index is 0.0289. The number of imidazole rings is 1. The monoisotopic (exact) mass is 618 g/mol. The highest BCUT2D eigenvalue weighted by Gasteiger charge is 2.47. The molecule has 0 radical (unpaired) electrons. The summed E-state index contributed by atoms with van der Waals surface area (Å²) in [5, 5.41) is 25.9. The molecule has 0 aromatic carbocycles. The summed E-state index contributed by atoms with van der Waals surface area (Å²) >= 11 is 0. The van der Waals surface area contributed by atoms with Crippen LogP contribution in [-0.2, 0) is 31.6 Å². The summed E-state index contributed by atoms with van der Waals surface area (Å²) < 4.78 is 56.2. The molecular weight excluding hydrogens is 585 g/mol. The Morgan fingerprint density at radius 1 is 0.974 bits per heavy atom. The van der Waals surface area contributed by atoms with Crippen molar-refractivity contribution in [1.29, 1.82) is 0 Å². The molecular formula is C18H33N6O12P3. The quantitative estimate of drug-likeness (QED) is 0.0996. The summed E-state index contributed by atoms with van der Waals surface area (Å²) in [6, 6.07) is 0. The Morgan fingerprint density at radius 3 is 2.36 bits per heavy atom. The number of hydrogen-bond donors (Lipinski definition) is 7. The first-order chi connectivity index (χ1) is 18.3. The number of nitrogens with zero attached hydrogens (tertiary/aromatic N) is 4. The van der Waals surface area contributed by atoms with Gasteiger partial charge in [0.1, 0.15) is 30.2 Å². The van der Waals surface area contributed by atoms with Gasteiger partial charge in [-0.3, -0.25) is 9.09 Å². The molecule has 2 aromatic rings. The van der Waals surface area contributed by atoms with E-state index in [1.165, 1.54) is 17.2 Å². The molecule has 21 heteroatoms. The number of phosphoric ester groups is 1. The number of aliphatic hydroxyl groups excluding tert-OH is 2. The number of rotatable bonds is 16. The summed E-state index contributed by atoms with van der Waals surface area (Å²) in [7, 11) is -14.0. The van der Waals surface area contributed by atoms with Crippen LogP contribution in [0.3, 0.4) is 0 Å². The van der Waals surface area contributed by atoms with Crippen molar-refractivity contribution in [1.82, 2.24) is 29.9 Å². The molecule has 0 saturated carbocycles. The predicted molar refractivity (Wildman–Crippen MR) is 134 cm³/mol. The van der Waals surface area contributed by atoms with Crippen LogP contribution < -0.4 is 10.4 Å². The Bertz CT molecular complexity index is 1250. The lowest BCUT2D eigenvalue weighted by molar-refractivity contribution is -0.0503. The van der Waals surface area contributed by atoms with Crippen molar-refractivity contribution in [3.05, 3.63) is 18.3 Å². The minimum Gasteiger partial charge on any atom is -0.387 e. The van der Waals surface area contributed by atoms with Crippen LogP contribution >= 0.6 is 23.4 Å². The normalized spacial score (nSPS) is 26.3. The maximum absolute atomic E-state index is 12.2. The zero-order valence-electron chi connectivity index (χ0n) is 21.1. The van der Waals surface area contributed by atoms with Crippen molar-refractivity contribution in [2.24, 2.45) is 0 Å². The molecule has 7 N–H and O–H groups in total. The summed E-state index contributed by atoms with van der Waals surface area (Å²) in [4.78, 5) is 41.6. The van der Waals surface area contributed by atoms with Crippen LogP contribution in [0.15, 0.2) is 12.7 Å². The van der Waals surface area contributed by atoms with Crippen molar-refractivity contribution < 1.29 is 56.5 Å². The lowest BCUT2D eigenvalue weighted by Gasteiger charge is -2.20. The van der Waals surface area contributed by atoms with Crippen LogP contribution in [-0.4, -0.2) is 89.5 Å². The third-order valence-corrected chi connectivity index (χ3v) is 10.1. The van der Waals surface area contributed by atoms with Gasteiger partial charge in [-0.05, 0) is 33.4 Å². The Morgan fingerprint density at radius 2 is 1.67 bits per heavy atom. The van der Waals surface area contributed by atoms with Crippen LogP contribution in [0.4, 0.5) is 0 Å². The van der Waals surface area contributed by atoms with E-state index < -0.39 is 54.5 Å². The third kappa shape index (κ3) is 9.15. The van der Waals surface area contributed by atoms with E-state index in [0.717, 1.165) is 25.8 Å². The van der Waals surface area contributed by atoms with Crippen LogP contribution in [0.1, 0.15) is 37.6 Å². The maximum Gasteiger partial charge on any atom is 0.489 e. The van der Waals surface area contributed by atoms with Crippen molar-refractivity contribution >= 4 is 34.6 Å². The fourth-order valence-corrected chi connectivity index (χ4v) is 7.50. The molecule has 3 rings (SSSR count). The first-order valence-corrected chi connectivity index (χ1v) is 16.4. The Kier molecular flexibility index (Phi) is 11.3. The molecule has 3 unspecified atom stereocenters. The number of unbranched alkanes of at least 4 members (excludes halogenated alkanes) is 3. The second-order valence-corrected chi connectivity index (χ2v) is 13.5. The number of aliphatic hydroxyl groups is 2. The van der Waals surface area contributed by atoms with Crippen molar-refractivity contribution in [2.75, 3.05) is 26.7 Å². The Balaban J connectivity index is 1.51.